The van der Waals surface area contributed by atoms with Crippen LogP contribution in [-0.4, -0.2) is 0 Å². The standard InChI is InChI=1S/C14H16.C11H15F.C11H13N.C11H16.CH3.Na/c1-10(2)14-9-13-7-5-4-6-12(13)8-11(14)3;1-7(2)10-6-11(12)9(4)5-8(10)3;1-8(2)11-5-4-10(7-12)6-9(11)3;1-8(2)11-6-5-9(3)7-10(11)4;;/h4-10H,1-3H3;5-7H,1-4H3;4-6,8H,1-3H3;5-8H,1-4H3;1H3;/q;;;;-1;+1. The van der Waals surface area contributed by atoms with Gasteiger partial charge in [-0.1, -0.05) is 128 Å². The minimum absolute atomic E-state index is 0. The molecule has 0 N–H and O–H groups in total. The van der Waals surface area contributed by atoms with Gasteiger partial charge in [0.15, 0.2) is 0 Å². The summed E-state index contributed by atoms with van der Waals surface area (Å²) < 4.78 is 13.1. The Balaban J connectivity index is 0.000000648. The summed E-state index contributed by atoms with van der Waals surface area (Å²) in [5.74, 6) is 2.11. The van der Waals surface area contributed by atoms with Crippen molar-refractivity contribution in [2.45, 2.75) is 121 Å². The summed E-state index contributed by atoms with van der Waals surface area (Å²) in [6, 6.07) is 31.4. The van der Waals surface area contributed by atoms with Gasteiger partial charge < -0.3 is 7.43 Å². The van der Waals surface area contributed by atoms with Crippen molar-refractivity contribution in [3.8, 4) is 6.07 Å². The minimum atomic E-state index is -0.0932. The van der Waals surface area contributed by atoms with Gasteiger partial charge in [-0.05, 0) is 144 Å². The van der Waals surface area contributed by atoms with Gasteiger partial charge in [-0.25, -0.2) is 4.39 Å². The van der Waals surface area contributed by atoms with Gasteiger partial charge in [0, 0.05) is 0 Å². The number of aryl methyl sites for hydroxylation is 6. The Hall–Kier alpha value is -3.22. The second-order valence-corrected chi connectivity index (χ2v) is 14.7. The molecule has 0 saturated heterocycles. The van der Waals surface area contributed by atoms with E-state index in [1.807, 2.05) is 31.2 Å². The van der Waals surface area contributed by atoms with Gasteiger partial charge in [0.25, 0.3) is 0 Å². The zero-order chi connectivity index (χ0) is 37.0. The number of hydrogen-bond acceptors (Lipinski definition) is 1. The molecule has 0 amide bonds. The van der Waals surface area contributed by atoms with E-state index in [2.05, 4.69) is 144 Å². The molecule has 0 fully saturated rings. The summed E-state index contributed by atoms with van der Waals surface area (Å²) in [5, 5.41) is 11.3. The summed E-state index contributed by atoms with van der Waals surface area (Å²) in [7, 11) is 0. The fourth-order valence-corrected chi connectivity index (χ4v) is 6.32. The van der Waals surface area contributed by atoms with Crippen molar-refractivity contribution >= 4 is 10.8 Å². The van der Waals surface area contributed by atoms with Crippen LogP contribution in [0.3, 0.4) is 0 Å². The Labute approximate surface area is 334 Å². The van der Waals surface area contributed by atoms with Gasteiger partial charge in [-0.3, -0.25) is 0 Å². The first-order valence-corrected chi connectivity index (χ1v) is 17.8. The fraction of sp³-hybridized carbons (Fsp3) is 0.375. The largest absolute Gasteiger partial charge is 1.00 e. The molecular weight excluding hydrogens is 633 g/mol. The van der Waals surface area contributed by atoms with Crippen molar-refractivity contribution in [1.82, 2.24) is 0 Å². The number of hydrogen-bond donors (Lipinski definition) is 0. The molecule has 0 aliphatic carbocycles. The maximum Gasteiger partial charge on any atom is 1.00 e. The monoisotopic (exact) mass is 695 g/mol. The van der Waals surface area contributed by atoms with Crippen molar-refractivity contribution in [1.29, 1.82) is 5.26 Å². The molecule has 268 valence electrons. The Bertz CT molecular complexity index is 1860. The number of nitriles is 1. The van der Waals surface area contributed by atoms with E-state index in [4.69, 9.17) is 5.26 Å². The average Bonchev–Trinajstić information content (AvgIpc) is 3.02. The van der Waals surface area contributed by atoms with Gasteiger partial charge in [0.05, 0.1) is 11.6 Å². The summed E-state index contributed by atoms with van der Waals surface area (Å²) >= 11 is 0. The zero-order valence-electron chi connectivity index (χ0n) is 34.7. The number of fused-ring (bicyclic) bond motifs is 1. The number of halogens is 1. The molecule has 1 nitrogen and oxygen atoms in total. The topological polar surface area (TPSA) is 23.8 Å². The van der Waals surface area contributed by atoms with E-state index in [-0.39, 0.29) is 42.8 Å². The molecule has 0 aliphatic heterocycles. The SMILES string of the molecule is Cc1cc(C#N)ccc1C(C)C.Cc1cc(C)c(C(C)C)cc1F.Cc1cc2ccccc2cc1C(C)C.Cc1ccc(C(C)C)c(C)c1.[CH3-].[Na+]. The van der Waals surface area contributed by atoms with Crippen LogP contribution in [0.5, 0.6) is 0 Å². The molecule has 0 bridgehead atoms. The van der Waals surface area contributed by atoms with Crippen LogP contribution in [0.25, 0.3) is 10.8 Å². The van der Waals surface area contributed by atoms with Gasteiger partial charge in [-0.2, -0.15) is 5.26 Å². The third kappa shape index (κ3) is 14.7. The summed E-state index contributed by atoms with van der Waals surface area (Å²) in [6.07, 6.45) is 0. The molecule has 0 aliphatic rings. The Morgan fingerprint density at radius 3 is 1.33 bits per heavy atom. The quantitative estimate of drug-likeness (QED) is 0.136. The molecule has 0 atom stereocenters. The van der Waals surface area contributed by atoms with Crippen LogP contribution in [-0.2, 0) is 0 Å². The maximum absolute atomic E-state index is 13.1. The van der Waals surface area contributed by atoms with E-state index in [0.717, 1.165) is 16.7 Å². The van der Waals surface area contributed by atoms with Crippen molar-refractivity contribution in [3.63, 3.8) is 0 Å². The van der Waals surface area contributed by atoms with E-state index in [1.165, 1.54) is 55.3 Å². The van der Waals surface area contributed by atoms with Crippen molar-refractivity contribution < 1.29 is 33.9 Å². The Morgan fingerprint density at radius 1 is 0.471 bits per heavy atom. The van der Waals surface area contributed by atoms with E-state index >= 15 is 0 Å². The van der Waals surface area contributed by atoms with Crippen LogP contribution in [0.4, 0.5) is 4.39 Å². The molecule has 0 unspecified atom stereocenters. The van der Waals surface area contributed by atoms with Crippen LogP contribution < -0.4 is 29.6 Å². The van der Waals surface area contributed by atoms with E-state index in [1.54, 1.807) is 13.0 Å². The number of nitrogens with zero attached hydrogens (tertiary/aromatic N) is 1. The molecule has 0 radical (unpaired) electrons. The molecule has 5 aromatic rings. The molecule has 3 heteroatoms. The van der Waals surface area contributed by atoms with Gasteiger partial charge in [-0.15, -0.1) is 0 Å². The van der Waals surface area contributed by atoms with E-state index in [0.29, 0.717) is 23.7 Å². The Kier molecular flexibility index (Phi) is 21.2. The summed E-state index contributed by atoms with van der Waals surface area (Å²) in [6.45, 7) is 29.8. The zero-order valence-corrected chi connectivity index (χ0v) is 36.7. The van der Waals surface area contributed by atoms with Gasteiger partial charge in [0.1, 0.15) is 5.82 Å². The molecule has 5 aromatic carbocycles. The Morgan fingerprint density at radius 2 is 0.882 bits per heavy atom. The predicted octanol–water partition coefficient (Wildman–Crippen LogP) is 11.7. The van der Waals surface area contributed by atoms with Crippen molar-refractivity contribution in [3.05, 3.63) is 159 Å². The molecular formula is C48H63FNNa. The molecule has 51 heavy (non-hydrogen) atoms. The molecule has 0 aromatic heterocycles. The molecule has 5 rings (SSSR count). The number of benzene rings is 5. The van der Waals surface area contributed by atoms with Gasteiger partial charge >= 0.3 is 29.6 Å². The smallest absolute Gasteiger partial charge is 0.358 e. The predicted molar refractivity (Wildman–Crippen MR) is 219 cm³/mol. The maximum atomic E-state index is 13.1. The van der Waals surface area contributed by atoms with Crippen LogP contribution in [0, 0.1) is 66.1 Å². The third-order valence-electron chi connectivity index (χ3n) is 8.99. The molecule has 0 spiro atoms. The second-order valence-electron chi connectivity index (χ2n) is 14.7. The summed E-state index contributed by atoms with van der Waals surface area (Å²) in [4.78, 5) is 0. The van der Waals surface area contributed by atoms with Gasteiger partial charge in [0.2, 0.25) is 0 Å². The second kappa shape index (κ2) is 22.7. The van der Waals surface area contributed by atoms with E-state index < -0.39 is 0 Å². The molecule has 0 heterocycles. The fourth-order valence-electron chi connectivity index (χ4n) is 6.32. The first-order valence-electron chi connectivity index (χ1n) is 17.8. The van der Waals surface area contributed by atoms with E-state index in [9.17, 15) is 4.39 Å². The number of rotatable bonds is 4. The first kappa shape index (κ1) is 47.8. The van der Waals surface area contributed by atoms with Crippen molar-refractivity contribution in [2.24, 2.45) is 0 Å². The van der Waals surface area contributed by atoms with Crippen LogP contribution >= 0.6 is 0 Å². The third-order valence-corrected chi connectivity index (χ3v) is 8.99. The normalized spacial score (nSPS) is 10.2. The first-order chi connectivity index (χ1) is 23.0. The molecule has 0 saturated carbocycles. The van der Waals surface area contributed by atoms with Crippen LogP contribution in [0.2, 0.25) is 0 Å². The van der Waals surface area contributed by atoms with Crippen LogP contribution in [0.15, 0.2) is 84.9 Å². The average molecular weight is 696 g/mol. The summed E-state index contributed by atoms with van der Waals surface area (Å²) in [5.41, 5.74) is 13.4. The van der Waals surface area contributed by atoms with Crippen molar-refractivity contribution in [2.75, 3.05) is 0 Å². The minimum Gasteiger partial charge on any atom is -0.358 e. The van der Waals surface area contributed by atoms with Crippen LogP contribution in [0.1, 0.15) is 140 Å².